The van der Waals surface area contributed by atoms with Gasteiger partial charge < -0.3 is 0 Å². The van der Waals surface area contributed by atoms with Gasteiger partial charge in [0.15, 0.2) is 0 Å². The highest BCUT2D eigenvalue weighted by molar-refractivity contribution is 14.1. The molecule has 2 aromatic carbocycles. The summed E-state index contributed by atoms with van der Waals surface area (Å²) in [6.45, 7) is 4.62. The summed E-state index contributed by atoms with van der Waals surface area (Å²) in [6, 6.07) is 16.2. The molecule has 116 valence electrons. The lowest BCUT2D eigenvalue weighted by Crippen LogP contribution is -2.25. The highest BCUT2D eigenvalue weighted by Gasteiger charge is 2.41. The molecule has 0 saturated carbocycles. The molecule has 0 aliphatic heterocycles. The first-order chi connectivity index (χ1) is 10.7. The van der Waals surface area contributed by atoms with Crippen LogP contribution in [0.15, 0.2) is 42.5 Å². The number of halogens is 1. The van der Waals surface area contributed by atoms with E-state index in [0.29, 0.717) is 0 Å². The van der Waals surface area contributed by atoms with E-state index in [1.807, 2.05) is 0 Å². The van der Waals surface area contributed by atoms with E-state index in [4.69, 9.17) is 0 Å². The first kappa shape index (κ1) is 16.0. The van der Waals surface area contributed by atoms with Crippen molar-refractivity contribution in [3.8, 4) is 11.1 Å². The van der Waals surface area contributed by atoms with Gasteiger partial charge in [-0.2, -0.15) is 0 Å². The highest BCUT2D eigenvalue weighted by atomic mass is 127. The molecule has 0 bridgehead atoms. The second-order valence-corrected chi connectivity index (χ2v) is 7.77. The molecule has 0 saturated heterocycles. The van der Waals surface area contributed by atoms with Crippen molar-refractivity contribution in [1.82, 2.24) is 0 Å². The number of fused-ring (bicyclic) bond motifs is 3. The van der Waals surface area contributed by atoms with Crippen molar-refractivity contribution in [2.75, 3.05) is 0 Å². The van der Waals surface area contributed by atoms with Crippen LogP contribution in [0.4, 0.5) is 0 Å². The molecule has 0 radical (unpaired) electrons. The summed E-state index contributed by atoms with van der Waals surface area (Å²) in [6.07, 6.45) is 7.74. The smallest absolute Gasteiger partial charge is 0.0215 e. The van der Waals surface area contributed by atoms with Crippen molar-refractivity contribution < 1.29 is 0 Å². The molecule has 0 heterocycles. The molecule has 1 heteroatoms. The average Bonchev–Trinajstić information content (AvgIpc) is 2.81. The van der Waals surface area contributed by atoms with Crippen LogP contribution < -0.4 is 0 Å². The summed E-state index contributed by atoms with van der Waals surface area (Å²) in [4.78, 5) is 0. The van der Waals surface area contributed by atoms with E-state index in [1.54, 1.807) is 11.1 Å². The molecule has 22 heavy (non-hydrogen) atoms. The highest BCUT2D eigenvalue weighted by Crippen LogP contribution is 2.54. The van der Waals surface area contributed by atoms with Crippen LogP contribution in [0.25, 0.3) is 11.1 Å². The SMILES string of the molecule is CCCCC1(CCCC)c2ccccc2-c2cc(I)ccc21. The van der Waals surface area contributed by atoms with Crippen LogP contribution in [0.2, 0.25) is 0 Å². The van der Waals surface area contributed by atoms with Crippen molar-refractivity contribution in [2.45, 2.75) is 57.8 Å². The Balaban J connectivity index is 2.19. The van der Waals surface area contributed by atoms with Gasteiger partial charge in [0.1, 0.15) is 0 Å². The maximum absolute atomic E-state index is 2.44. The van der Waals surface area contributed by atoms with Gasteiger partial charge in [0, 0.05) is 8.99 Å². The molecule has 0 nitrogen and oxygen atoms in total. The summed E-state index contributed by atoms with van der Waals surface area (Å²) in [5, 5.41) is 0. The Hall–Kier alpha value is -0.830. The van der Waals surface area contributed by atoms with E-state index in [0.717, 1.165) is 0 Å². The minimum Gasteiger partial charge on any atom is -0.0654 e. The van der Waals surface area contributed by atoms with E-state index in [-0.39, 0.29) is 5.41 Å². The van der Waals surface area contributed by atoms with Crippen LogP contribution in [-0.4, -0.2) is 0 Å². The molecular formula is C21H25I. The standard InChI is InChI=1S/C21H25I/c1-3-5-13-21(14-6-4-2)19-10-8-7-9-17(19)18-15-16(22)11-12-20(18)21/h7-12,15H,3-6,13-14H2,1-2H3. The van der Waals surface area contributed by atoms with Crippen molar-refractivity contribution in [2.24, 2.45) is 0 Å². The summed E-state index contributed by atoms with van der Waals surface area (Å²) >= 11 is 2.44. The minimum absolute atomic E-state index is 0.252. The Morgan fingerprint density at radius 1 is 0.818 bits per heavy atom. The van der Waals surface area contributed by atoms with Gasteiger partial charge >= 0.3 is 0 Å². The van der Waals surface area contributed by atoms with Crippen LogP contribution >= 0.6 is 22.6 Å². The third-order valence-corrected chi connectivity index (χ3v) is 5.82. The maximum atomic E-state index is 2.44. The fourth-order valence-electron chi connectivity index (χ4n) is 4.06. The molecule has 0 fully saturated rings. The Morgan fingerprint density at radius 3 is 2.14 bits per heavy atom. The Morgan fingerprint density at radius 2 is 1.45 bits per heavy atom. The van der Waals surface area contributed by atoms with Gasteiger partial charge in [0.2, 0.25) is 0 Å². The molecule has 2 aromatic rings. The summed E-state index contributed by atoms with van der Waals surface area (Å²) in [5.41, 5.74) is 6.37. The molecule has 0 amide bonds. The Bertz CT molecular complexity index is 649. The number of unbranched alkanes of at least 4 members (excludes halogenated alkanes) is 2. The zero-order valence-corrected chi connectivity index (χ0v) is 15.8. The molecule has 3 rings (SSSR count). The van der Waals surface area contributed by atoms with Gasteiger partial charge in [-0.25, -0.2) is 0 Å². The van der Waals surface area contributed by atoms with E-state index < -0.39 is 0 Å². The number of benzene rings is 2. The molecule has 0 aromatic heterocycles. The van der Waals surface area contributed by atoms with Crippen LogP contribution in [0.5, 0.6) is 0 Å². The van der Waals surface area contributed by atoms with E-state index in [2.05, 4.69) is 78.9 Å². The number of rotatable bonds is 6. The van der Waals surface area contributed by atoms with Crippen molar-refractivity contribution in [1.29, 1.82) is 0 Å². The lowest BCUT2D eigenvalue weighted by molar-refractivity contribution is 0.414. The Labute approximate surface area is 148 Å². The third kappa shape index (κ3) is 2.62. The molecular weight excluding hydrogens is 379 g/mol. The van der Waals surface area contributed by atoms with Crippen LogP contribution in [-0.2, 0) is 5.41 Å². The second kappa shape index (κ2) is 6.74. The normalized spacial score (nSPS) is 14.7. The zero-order chi connectivity index (χ0) is 15.6. The van der Waals surface area contributed by atoms with Gasteiger partial charge in [0.25, 0.3) is 0 Å². The van der Waals surface area contributed by atoms with Gasteiger partial charge in [-0.15, -0.1) is 0 Å². The number of hydrogen-bond donors (Lipinski definition) is 0. The average molecular weight is 404 g/mol. The van der Waals surface area contributed by atoms with Gasteiger partial charge in [-0.05, 0) is 69.8 Å². The van der Waals surface area contributed by atoms with Crippen molar-refractivity contribution >= 4 is 22.6 Å². The fraction of sp³-hybridized carbons (Fsp3) is 0.429. The van der Waals surface area contributed by atoms with E-state index in [1.165, 1.54) is 53.2 Å². The first-order valence-electron chi connectivity index (χ1n) is 8.63. The zero-order valence-electron chi connectivity index (χ0n) is 13.7. The minimum atomic E-state index is 0.252. The van der Waals surface area contributed by atoms with Gasteiger partial charge in [0.05, 0.1) is 0 Å². The van der Waals surface area contributed by atoms with Crippen LogP contribution in [0.1, 0.15) is 63.5 Å². The largest absolute Gasteiger partial charge is 0.0654 e. The first-order valence-corrected chi connectivity index (χ1v) is 9.70. The summed E-state index contributed by atoms with van der Waals surface area (Å²) in [5.74, 6) is 0. The fourth-order valence-corrected chi connectivity index (χ4v) is 4.55. The quantitative estimate of drug-likeness (QED) is 0.458. The van der Waals surface area contributed by atoms with Gasteiger partial charge in [-0.3, -0.25) is 0 Å². The van der Waals surface area contributed by atoms with Gasteiger partial charge in [-0.1, -0.05) is 69.9 Å². The van der Waals surface area contributed by atoms with E-state index >= 15 is 0 Å². The third-order valence-electron chi connectivity index (χ3n) is 5.14. The topological polar surface area (TPSA) is 0 Å². The lowest BCUT2D eigenvalue weighted by Gasteiger charge is -2.32. The van der Waals surface area contributed by atoms with Crippen LogP contribution in [0.3, 0.4) is 0 Å². The van der Waals surface area contributed by atoms with Crippen molar-refractivity contribution in [3.63, 3.8) is 0 Å². The maximum Gasteiger partial charge on any atom is 0.0215 e. The van der Waals surface area contributed by atoms with Crippen LogP contribution in [0, 0.1) is 3.57 Å². The molecule has 0 N–H and O–H groups in total. The van der Waals surface area contributed by atoms with E-state index in [9.17, 15) is 0 Å². The molecule has 0 atom stereocenters. The predicted octanol–water partition coefficient (Wildman–Crippen LogP) is 6.94. The molecule has 0 unspecified atom stereocenters. The van der Waals surface area contributed by atoms with Crippen molar-refractivity contribution in [3.05, 3.63) is 57.2 Å². The summed E-state index contributed by atoms with van der Waals surface area (Å²) in [7, 11) is 0. The monoisotopic (exact) mass is 404 g/mol. The summed E-state index contributed by atoms with van der Waals surface area (Å²) < 4.78 is 1.34. The number of hydrogen-bond acceptors (Lipinski definition) is 0. The second-order valence-electron chi connectivity index (χ2n) is 6.52. The molecule has 1 aliphatic carbocycles. The molecule has 0 spiro atoms. The molecule has 1 aliphatic rings. The Kier molecular flexibility index (Phi) is 4.91. The predicted molar refractivity (Wildman–Crippen MR) is 104 cm³/mol. The lowest BCUT2D eigenvalue weighted by atomic mass is 9.71.